The standard InChI is InChI=1S/C18H23N5O2/c1-2-21-12-19-10-15(21)18(25)22-7-3-5-13(11-22)14-9-17(24)20-16-6-4-8-23(14)16/h9-10,12-13H,2-8,11H2,1H3/t13-/m0/s1. The van der Waals surface area contributed by atoms with E-state index in [4.69, 9.17) is 0 Å². The van der Waals surface area contributed by atoms with E-state index in [0.29, 0.717) is 12.2 Å². The zero-order valence-electron chi connectivity index (χ0n) is 14.5. The fourth-order valence-corrected chi connectivity index (χ4v) is 4.07. The Bertz CT molecular complexity index is 853. The number of carbonyl (C=O) groups is 1. The predicted molar refractivity (Wildman–Crippen MR) is 92.6 cm³/mol. The molecule has 2 aromatic heterocycles. The van der Waals surface area contributed by atoms with Gasteiger partial charge in [-0.25, -0.2) is 4.98 Å². The molecule has 7 nitrogen and oxygen atoms in total. The number of likely N-dealkylation sites (tertiary alicyclic amines) is 1. The lowest BCUT2D eigenvalue weighted by Gasteiger charge is -2.34. The van der Waals surface area contributed by atoms with Gasteiger partial charge in [-0.3, -0.25) is 9.59 Å². The maximum Gasteiger partial charge on any atom is 0.273 e. The van der Waals surface area contributed by atoms with Crippen molar-refractivity contribution in [2.75, 3.05) is 13.1 Å². The molecule has 25 heavy (non-hydrogen) atoms. The second-order valence-electron chi connectivity index (χ2n) is 6.85. The minimum Gasteiger partial charge on any atom is -0.337 e. The summed E-state index contributed by atoms with van der Waals surface area (Å²) in [4.78, 5) is 35.0. The Hall–Kier alpha value is -2.44. The van der Waals surface area contributed by atoms with Crippen LogP contribution >= 0.6 is 0 Å². The highest BCUT2D eigenvalue weighted by Gasteiger charge is 2.30. The lowest BCUT2D eigenvalue weighted by Crippen LogP contribution is -2.40. The summed E-state index contributed by atoms with van der Waals surface area (Å²) in [5.74, 6) is 1.13. The van der Waals surface area contributed by atoms with E-state index in [1.54, 1.807) is 18.6 Å². The van der Waals surface area contributed by atoms with E-state index in [9.17, 15) is 9.59 Å². The second kappa shape index (κ2) is 6.46. The highest BCUT2D eigenvalue weighted by Crippen LogP contribution is 2.29. The third-order valence-electron chi connectivity index (χ3n) is 5.31. The summed E-state index contributed by atoms with van der Waals surface area (Å²) < 4.78 is 4.07. The Morgan fingerprint density at radius 3 is 3.04 bits per heavy atom. The van der Waals surface area contributed by atoms with Gasteiger partial charge in [-0.15, -0.1) is 0 Å². The van der Waals surface area contributed by atoms with E-state index in [2.05, 4.69) is 14.5 Å². The van der Waals surface area contributed by atoms with Crippen LogP contribution in [0, 0.1) is 0 Å². The second-order valence-corrected chi connectivity index (χ2v) is 6.85. The molecular formula is C18H23N5O2. The Morgan fingerprint density at radius 1 is 1.32 bits per heavy atom. The molecule has 4 rings (SSSR count). The van der Waals surface area contributed by atoms with Gasteiger partial charge in [0.2, 0.25) is 0 Å². The summed E-state index contributed by atoms with van der Waals surface area (Å²) in [6, 6.07) is 1.67. The van der Waals surface area contributed by atoms with Gasteiger partial charge in [0.1, 0.15) is 11.5 Å². The van der Waals surface area contributed by atoms with Crippen LogP contribution in [0.15, 0.2) is 23.4 Å². The molecule has 0 N–H and O–H groups in total. The number of fused-ring (bicyclic) bond motifs is 1. The molecule has 2 aliphatic rings. The van der Waals surface area contributed by atoms with Gasteiger partial charge in [0.05, 0.1) is 12.5 Å². The van der Waals surface area contributed by atoms with Gasteiger partial charge in [-0.2, -0.15) is 4.98 Å². The molecule has 1 atom stereocenters. The van der Waals surface area contributed by atoms with Crippen LogP contribution in [0.2, 0.25) is 0 Å². The fraction of sp³-hybridized carbons (Fsp3) is 0.556. The quantitative estimate of drug-likeness (QED) is 0.846. The zero-order chi connectivity index (χ0) is 17.4. The number of carbonyl (C=O) groups excluding carboxylic acids is 1. The number of hydrogen-bond acceptors (Lipinski definition) is 4. The number of piperidine rings is 1. The highest BCUT2D eigenvalue weighted by atomic mass is 16.2. The number of aryl methyl sites for hydroxylation is 2. The van der Waals surface area contributed by atoms with Gasteiger partial charge >= 0.3 is 0 Å². The van der Waals surface area contributed by atoms with Crippen molar-refractivity contribution < 1.29 is 4.79 Å². The minimum absolute atomic E-state index is 0.0297. The maximum absolute atomic E-state index is 12.9. The fourth-order valence-electron chi connectivity index (χ4n) is 4.07. The van der Waals surface area contributed by atoms with Crippen molar-refractivity contribution in [3.63, 3.8) is 0 Å². The molecule has 132 valence electrons. The lowest BCUT2D eigenvalue weighted by atomic mass is 9.94. The molecular weight excluding hydrogens is 318 g/mol. The smallest absolute Gasteiger partial charge is 0.273 e. The molecule has 1 amide bonds. The lowest BCUT2D eigenvalue weighted by molar-refractivity contribution is 0.0693. The Morgan fingerprint density at radius 2 is 2.20 bits per heavy atom. The molecule has 2 aliphatic heterocycles. The van der Waals surface area contributed by atoms with E-state index in [1.807, 2.05) is 16.4 Å². The average molecular weight is 341 g/mol. The van der Waals surface area contributed by atoms with Gasteiger partial charge in [0.15, 0.2) is 0 Å². The molecule has 0 aliphatic carbocycles. The third-order valence-corrected chi connectivity index (χ3v) is 5.31. The van der Waals surface area contributed by atoms with Gasteiger partial charge in [0, 0.05) is 50.3 Å². The molecule has 0 radical (unpaired) electrons. The molecule has 0 spiro atoms. The summed E-state index contributed by atoms with van der Waals surface area (Å²) >= 11 is 0. The van der Waals surface area contributed by atoms with Crippen LogP contribution in [0.25, 0.3) is 0 Å². The first-order chi connectivity index (χ1) is 12.2. The van der Waals surface area contributed by atoms with E-state index in [-0.39, 0.29) is 17.4 Å². The molecule has 0 aromatic carbocycles. The van der Waals surface area contributed by atoms with Crippen molar-refractivity contribution in [1.82, 2.24) is 24.0 Å². The van der Waals surface area contributed by atoms with Crippen LogP contribution in [0.4, 0.5) is 0 Å². The Labute approximate surface area is 146 Å². The molecule has 4 heterocycles. The van der Waals surface area contributed by atoms with Crippen molar-refractivity contribution in [3.8, 4) is 0 Å². The summed E-state index contributed by atoms with van der Waals surface area (Å²) in [6.07, 6.45) is 7.19. The number of aromatic nitrogens is 4. The molecule has 0 unspecified atom stereocenters. The van der Waals surface area contributed by atoms with Crippen molar-refractivity contribution in [1.29, 1.82) is 0 Å². The Balaban J connectivity index is 1.60. The van der Waals surface area contributed by atoms with Crippen molar-refractivity contribution in [3.05, 3.63) is 46.2 Å². The van der Waals surface area contributed by atoms with E-state index < -0.39 is 0 Å². The van der Waals surface area contributed by atoms with Crippen molar-refractivity contribution in [2.45, 2.75) is 51.6 Å². The molecule has 1 saturated heterocycles. The van der Waals surface area contributed by atoms with Gasteiger partial charge in [-0.05, 0) is 26.2 Å². The minimum atomic E-state index is -0.157. The number of imidazole rings is 1. The summed E-state index contributed by atoms with van der Waals surface area (Å²) in [6.45, 7) is 5.06. The van der Waals surface area contributed by atoms with Gasteiger partial charge in [-0.1, -0.05) is 0 Å². The first-order valence-electron chi connectivity index (χ1n) is 9.07. The monoisotopic (exact) mass is 341 g/mol. The number of hydrogen-bond donors (Lipinski definition) is 0. The van der Waals surface area contributed by atoms with Gasteiger partial charge in [0.25, 0.3) is 11.5 Å². The van der Waals surface area contributed by atoms with E-state index >= 15 is 0 Å². The molecule has 7 heteroatoms. The van der Waals surface area contributed by atoms with Crippen LogP contribution in [0.5, 0.6) is 0 Å². The largest absolute Gasteiger partial charge is 0.337 e. The molecule has 1 fully saturated rings. The number of nitrogens with zero attached hydrogens (tertiary/aromatic N) is 5. The Kier molecular flexibility index (Phi) is 4.15. The zero-order valence-corrected chi connectivity index (χ0v) is 14.5. The summed E-state index contributed by atoms with van der Waals surface area (Å²) in [5, 5.41) is 0. The van der Waals surface area contributed by atoms with Crippen LogP contribution in [-0.2, 0) is 19.5 Å². The van der Waals surface area contributed by atoms with Crippen LogP contribution in [0.1, 0.15) is 54.1 Å². The van der Waals surface area contributed by atoms with Crippen LogP contribution < -0.4 is 5.56 Å². The first kappa shape index (κ1) is 16.1. The van der Waals surface area contributed by atoms with E-state index in [1.165, 1.54) is 0 Å². The first-order valence-corrected chi connectivity index (χ1v) is 9.07. The normalized spacial score (nSPS) is 19.9. The molecule has 0 saturated carbocycles. The van der Waals surface area contributed by atoms with Crippen molar-refractivity contribution >= 4 is 5.91 Å². The average Bonchev–Trinajstić information content (AvgIpc) is 3.29. The SMILES string of the molecule is CCn1cncc1C(=O)N1CCC[C@H](c2cc(=O)nc3n2CCC3)C1. The molecule has 0 bridgehead atoms. The summed E-state index contributed by atoms with van der Waals surface area (Å²) in [5.41, 5.74) is 1.53. The highest BCUT2D eigenvalue weighted by molar-refractivity contribution is 5.92. The molecule has 2 aromatic rings. The maximum atomic E-state index is 12.9. The van der Waals surface area contributed by atoms with Crippen molar-refractivity contribution in [2.24, 2.45) is 0 Å². The van der Waals surface area contributed by atoms with E-state index in [0.717, 1.165) is 56.8 Å². The van der Waals surface area contributed by atoms with Gasteiger partial charge < -0.3 is 14.0 Å². The topological polar surface area (TPSA) is 73.0 Å². The summed E-state index contributed by atoms with van der Waals surface area (Å²) in [7, 11) is 0. The number of rotatable bonds is 3. The third kappa shape index (κ3) is 2.88. The number of amides is 1. The predicted octanol–water partition coefficient (Wildman–Crippen LogP) is 1.43. The van der Waals surface area contributed by atoms with Crippen LogP contribution in [0.3, 0.4) is 0 Å². The van der Waals surface area contributed by atoms with Crippen LogP contribution in [-0.4, -0.2) is 43.0 Å².